The molecule has 0 unspecified atom stereocenters. The zero-order valence-corrected chi connectivity index (χ0v) is 12.7. The summed E-state index contributed by atoms with van der Waals surface area (Å²) in [7, 11) is 2.01. The second-order valence-electron chi connectivity index (χ2n) is 5.31. The highest BCUT2D eigenvalue weighted by Crippen LogP contribution is 2.21. The van der Waals surface area contributed by atoms with Crippen molar-refractivity contribution < 1.29 is 9.90 Å². The Balaban J connectivity index is 2.47. The zero-order valence-electron chi connectivity index (χ0n) is 11.1. The first-order chi connectivity index (χ1) is 8.31. The molecule has 0 aromatic heterocycles. The van der Waals surface area contributed by atoms with Gasteiger partial charge in [-0.1, -0.05) is 28.1 Å². The first-order valence-electron chi connectivity index (χ1n) is 5.97. The van der Waals surface area contributed by atoms with Crippen molar-refractivity contribution in [2.75, 3.05) is 13.6 Å². The predicted molar refractivity (Wildman–Crippen MR) is 76.5 cm³/mol. The second kappa shape index (κ2) is 6.34. The number of carboxylic acids is 1. The lowest BCUT2D eigenvalue weighted by atomic mass is 9.89. The van der Waals surface area contributed by atoms with E-state index in [9.17, 15) is 4.79 Å². The summed E-state index contributed by atoms with van der Waals surface area (Å²) >= 11 is 3.45. The third kappa shape index (κ3) is 4.78. The fraction of sp³-hybridized carbons (Fsp3) is 0.500. The van der Waals surface area contributed by atoms with Gasteiger partial charge >= 0.3 is 5.97 Å². The minimum absolute atomic E-state index is 0.646. The minimum Gasteiger partial charge on any atom is -0.481 e. The van der Waals surface area contributed by atoms with Crippen LogP contribution in [0.25, 0.3) is 0 Å². The molecule has 0 heterocycles. The van der Waals surface area contributed by atoms with Crippen LogP contribution in [0.3, 0.4) is 0 Å². The normalized spacial score (nSPS) is 11.8. The van der Waals surface area contributed by atoms with Crippen LogP contribution in [0.2, 0.25) is 0 Å². The molecule has 0 bridgehead atoms. The maximum atomic E-state index is 11.0. The molecule has 0 aliphatic heterocycles. The Morgan fingerprint density at radius 1 is 1.44 bits per heavy atom. The van der Waals surface area contributed by atoms with Gasteiger partial charge in [0.2, 0.25) is 0 Å². The molecule has 0 saturated heterocycles. The Hall–Kier alpha value is -0.870. The minimum atomic E-state index is -0.738. The van der Waals surface area contributed by atoms with E-state index in [2.05, 4.69) is 33.0 Å². The topological polar surface area (TPSA) is 40.5 Å². The second-order valence-corrected chi connectivity index (χ2v) is 6.22. The van der Waals surface area contributed by atoms with Gasteiger partial charge in [-0.3, -0.25) is 4.79 Å². The predicted octanol–water partition coefficient (Wildman–Crippen LogP) is 3.38. The maximum Gasteiger partial charge on any atom is 0.309 e. The van der Waals surface area contributed by atoms with Gasteiger partial charge in [0.1, 0.15) is 0 Å². The summed E-state index contributed by atoms with van der Waals surface area (Å²) in [4.78, 5) is 13.2. The highest BCUT2D eigenvalue weighted by atomic mass is 79.9. The Morgan fingerprint density at radius 3 is 2.67 bits per heavy atom. The molecule has 1 rings (SSSR count). The molecule has 0 atom stereocenters. The van der Waals surface area contributed by atoms with Gasteiger partial charge in [-0.25, -0.2) is 0 Å². The van der Waals surface area contributed by atoms with Crippen LogP contribution in [-0.2, 0) is 11.3 Å². The van der Waals surface area contributed by atoms with E-state index in [1.54, 1.807) is 13.8 Å². The Kier molecular flexibility index (Phi) is 5.35. The van der Waals surface area contributed by atoms with Crippen molar-refractivity contribution in [1.82, 2.24) is 4.90 Å². The maximum absolute atomic E-state index is 11.0. The number of aliphatic carboxylic acids is 1. The molecule has 4 heteroatoms. The molecular formula is C14H20BrNO2. The van der Waals surface area contributed by atoms with Crippen molar-refractivity contribution in [3.63, 3.8) is 0 Å². The monoisotopic (exact) mass is 313 g/mol. The number of hydrogen-bond donors (Lipinski definition) is 1. The van der Waals surface area contributed by atoms with Crippen LogP contribution in [-0.4, -0.2) is 29.6 Å². The van der Waals surface area contributed by atoms with E-state index in [0.717, 1.165) is 17.6 Å². The molecule has 100 valence electrons. The Morgan fingerprint density at radius 2 is 2.11 bits per heavy atom. The number of hydrogen-bond acceptors (Lipinski definition) is 2. The summed E-state index contributed by atoms with van der Waals surface area (Å²) in [6, 6.07) is 8.16. The standard InChI is InChI=1S/C14H20BrNO2/c1-14(2,13(17)18)7-8-16(3)10-11-5-4-6-12(15)9-11/h4-6,9H,7-8,10H2,1-3H3,(H,17,18). The van der Waals surface area contributed by atoms with E-state index in [1.165, 1.54) is 5.56 Å². The van der Waals surface area contributed by atoms with Crippen molar-refractivity contribution in [2.24, 2.45) is 5.41 Å². The molecule has 1 aromatic carbocycles. The summed E-state index contributed by atoms with van der Waals surface area (Å²) in [5.74, 6) is -0.738. The Labute approximate surface area is 117 Å². The largest absolute Gasteiger partial charge is 0.481 e. The van der Waals surface area contributed by atoms with Crippen LogP contribution in [0.5, 0.6) is 0 Å². The molecule has 0 amide bonds. The molecule has 1 N–H and O–H groups in total. The van der Waals surface area contributed by atoms with Crippen molar-refractivity contribution in [3.05, 3.63) is 34.3 Å². The molecule has 1 aromatic rings. The molecule has 18 heavy (non-hydrogen) atoms. The number of nitrogens with zero attached hydrogens (tertiary/aromatic N) is 1. The summed E-state index contributed by atoms with van der Waals surface area (Å²) in [6.45, 7) is 5.13. The summed E-state index contributed by atoms with van der Waals surface area (Å²) < 4.78 is 1.07. The van der Waals surface area contributed by atoms with Crippen molar-refractivity contribution in [3.8, 4) is 0 Å². The average Bonchev–Trinajstić information content (AvgIpc) is 2.26. The zero-order chi connectivity index (χ0) is 13.8. The number of carbonyl (C=O) groups is 1. The van der Waals surface area contributed by atoms with Crippen LogP contribution < -0.4 is 0 Å². The van der Waals surface area contributed by atoms with Crippen LogP contribution in [0.4, 0.5) is 0 Å². The molecule has 0 aliphatic rings. The molecule has 0 fully saturated rings. The number of halogens is 1. The van der Waals surface area contributed by atoms with E-state index in [4.69, 9.17) is 5.11 Å². The summed E-state index contributed by atoms with van der Waals surface area (Å²) in [5, 5.41) is 9.06. The number of carboxylic acid groups (broad SMARTS) is 1. The smallest absolute Gasteiger partial charge is 0.309 e. The molecule has 3 nitrogen and oxygen atoms in total. The van der Waals surface area contributed by atoms with E-state index < -0.39 is 11.4 Å². The fourth-order valence-corrected chi connectivity index (χ4v) is 2.05. The van der Waals surface area contributed by atoms with Gasteiger partial charge in [0.05, 0.1) is 5.41 Å². The number of benzene rings is 1. The van der Waals surface area contributed by atoms with Gasteiger partial charge in [0.25, 0.3) is 0 Å². The SMILES string of the molecule is CN(CCC(C)(C)C(=O)O)Cc1cccc(Br)c1. The van der Waals surface area contributed by atoms with Crippen molar-refractivity contribution in [1.29, 1.82) is 0 Å². The van der Waals surface area contributed by atoms with Gasteiger partial charge in [-0.15, -0.1) is 0 Å². The lowest BCUT2D eigenvalue weighted by molar-refractivity contribution is -0.147. The first-order valence-corrected chi connectivity index (χ1v) is 6.77. The summed E-state index contributed by atoms with van der Waals surface area (Å²) in [6.07, 6.45) is 0.646. The highest BCUT2D eigenvalue weighted by molar-refractivity contribution is 9.10. The molecule has 0 saturated carbocycles. The van der Waals surface area contributed by atoms with E-state index in [0.29, 0.717) is 6.42 Å². The van der Waals surface area contributed by atoms with Gasteiger partial charge in [0, 0.05) is 11.0 Å². The lowest BCUT2D eigenvalue weighted by Crippen LogP contribution is -2.30. The Bertz CT molecular complexity index is 418. The van der Waals surface area contributed by atoms with Crippen molar-refractivity contribution >= 4 is 21.9 Å². The van der Waals surface area contributed by atoms with Crippen molar-refractivity contribution in [2.45, 2.75) is 26.8 Å². The molecule has 0 aliphatic carbocycles. The summed E-state index contributed by atoms with van der Waals surface area (Å²) in [5.41, 5.74) is 0.561. The lowest BCUT2D eigenvalue weighted by Gasteiger charge is -2.23. The van der Waals surface area contributed by atoms with Crippen LogP contribution in [0.15, 0.2) is 28.7 Å². The average molecular weight is 314 g/mol. The van der Waals surface area contributed by atoms with Gasteiger partial charge in [-0.2, -0.15) is 0 Å². The van der Waals surface area contributed by atoms with E-state index in [1.807, 2.05) is 19.2 Å². The van der Waals surface area contributed by atoms with Crippen LogP contribution in [0.1, 0.15) is 25.8 Å². The van der Waals surface area contributed by atoms with Crippen LogP contribution >= 0.6 is 15.9 Å². The van der Waals surface area contributed by atoms with E-state index >= 15 is 0 Å². The van der Waals surface area contributed by atoms with Crippen LogP contribution in [0, 0.1) is 5.41 Å². The highest BCUT2D eigenvalue weighted by Gasteiger charge is 2.26. The molecular weight excluding hydrogens is 294 g/mol. The number of rotatable bonds is 6. The third-order valence-electron chi connectivity index (χ3n) is 3.04. The first kappa shape index (κ1) is 15.2. The quantitative estimate of drug-likeness (QED) is 0.875. The third-order valence-corrected chi connectivity index (χ3v) is 3.53. The van der Waals surface area contributed by atoms with Gasteiger partial charge in [0.15, 0.2) is 0 Å². The molecule has 0 spiro atoms. The fourth-order valence-electron chi connectivity index (χ4n) is 1.60. The molecule has 0 radical (unpaired) electrons. The van der Waals surface area contributed by atoms with Gasteiger partial charge < -0.3 is 10.0 Å². The van der Waals surface area contributed by atoms with E-state index in [-0.39, 0.29) is 0 Å². The van der Waals surface area contributed by atoms with Gasteiger partial charge in [-0.05, 0) is 51.6 Å².